The third-order valence-electron chi connectivity index (χ3n) is 2.41. The van der Waals surface area contributed by atoms with E-state index in [4.69, 9.17) is 9.15 Å². The second-order valence-corrected chi connectivity index (χ2v) is 3.70. The molecule has 0 spiro atoms. The Bertz CT molecular complexity index is 514. The fourth-order valence-corrected chi connectivity index (χ4v) is 1.47. The molecule has 88 valence electrons. The first-order chi connectivity index (χ1) is 8.19. The van der Waals surface area contributed by atoms with Gasteiger partial charge in [-0.25, -0.2) is 4.98 Å². The van der Waals surface area contributed by atoms with Crippen molar-refractivity contribution in [2.75, 3.05) is 7.11 Å². The molecule has 0 N–H and O–H groups in total. The lowest BCUT2D eigenvalue weighted by Crippen LogP contribution is -1.89. The van der Waals surface area contributed by atoms with Crippen LogP contribution in [0, 0.1) is 0 Å². The van der Waals surface area contributed by atoms with Gasteiger partial charge in [0.2, 0.25) is 0 Å². The van der Waals surface area contributed by atoms with Gasteiger partial charge in [-0.3, -0.25) is 4.79 Å². The summed E-state index contributed by atoms with van der Waals surface area (Å²) < 4.78 is 10.4. The van der Waals surface area contributed by atoms with Gasteiger partial charge < -0.3 is 9.15 Å². The van der Waals surface area contributed by atoms with Crippen LogP contribution in [0.3, 0.4) is 0 Å². The highest BCUT2D eigenvalue weighted by Crippen LogP contribution is 2.15. The van der Waals surface area contributed by atoms with Gasteiger partial charge in [-0.15, -0.1) is 0 Å². The predicted molar refractivity (Wildman–Crippen MR) is 62.3 cm³/mol. The Hall–Kier alpha value is -2.10. The lowest BCUT2D eigenvalue weighted by Gasteiger charge is -2.00. The normalized spacial score (nSPS) is 10.2. The maximum atomic E-state index is 11.0. The van der Waals surface area contributed by atoms with Gasteiger partial charge >= 0.3 is 0 Å². The van der Waals surface area contributed by atoms with Crippen molar-refractivity contribution < 1.29 is 13.9 Å². The quantitative estimate of drug-likeness (QED) is 0.758. The van der Waals surface area contributed by atoms with Crippen molar-refractivity contribution in [3.63, 3.8) is 0 Å². The Morgan fingerprint density at radius 3 is 2.59 bits per heavy atom. The van der Waals surface area contributed by atoms with Crippen LogP contribution in [-0.4, -0.2) is 17.9 Å². The molecule has 0 saturated heterocycles. The molecule has 0 radical (unpaired) electrons. The van der Waals surface area contributed by atoms with E-state index in [0.29, 0.717) is 18.1 Å². The van der Waals surface area contributed by atoms with Crippen LogP contribution in [0.4, 0.5) is 0 Å². The molecule has 1 heterocycles. The number of hydrogen-bond donors (Lipinski definition) is 0. The largest absolute Gasteiger partial charge is 0.497 e. The van der Waals surface area contributed by atoms with Gasteiger partial charge in [-0.1, -0.05) is 12.1 Å². The highest BCUT2D eigenvalue weighted by atomic mass is 16.5. The van der Waals surface area contributed by atoms with Crippen LogP contribution in [0.2, 0.25) is 0 Å². The Kier molecular flexibility index (Phi) is 3.23. The van der Waals surface area contributed by atoms with Crippen LogP contribution in [0.1, 0.15) is 28.9 Å². The van der Waals surface area contributed by atoms with E-state index >= 15 is 0 Å². The Morgan fingerprint density at radius 2 is 2.06 bits per heavy atom. The first kappa shape index (κ1) is 11.4. The summed E-state index contributed by atoms with van der Waals surface area (Å²) in [5, 5.41) is 0. The van der Waals surface area contributed by atoms with Gasteiger partial charge in [0.15, 0.2) is 17.4 Å². The summed E-state index contributed by atoms with van der Waals surface area (Å²) in [6.07, 6.45) is 2.03. The summed E-state index contributed by atoms with van der Waals surface area (Å²) in [6, 6.07) is 7.64. The number of Topliss-reactive ketones (excluding diaryl/α,β-unsaturated/α-hetero) is 1. The smallest absolute Gasteiger partial charge is 0.199 e. The second-order valence-electron chi connectivity index (χ2n) is 3.70. The summed E-state index contributed by atoms with van der Waals surface area (Å²) in [7, 11) is 1.63. The molecule has 2 rings (SSSR count). The minimum Gasteiger partial charge on any atom is -0.497 e. The van der Waals surface area contributed by atoms with Gasteiger partial charge in [0.1, 0.15) is 5.75 Å². The number of oxazole rings is 1. The molecule has 1 aromatic carbocycles. The number of carbonyl (C=O) groups is 1. The molecule has 0 atom stereocenters. The number of hydrogen-bond acceptors (Lipinski definition) is 4. The molecular formula is C13H13NO3. The van der Waals surface area contributed by atoms with Crippen LogP contribution in [0.15, 0.2) is 34.9 Å². The van der Waals surface area contributed by atoms with Gasteiger partial charge in [0.25, 0.3) is 0 Å². The van der Waals surface area contributed by atoms with Gasteiger partial charge in [-0.2, -0.15) is 0 Å². The maximum Gasteiger partial charge on any atom is 0.199 e. The number of aromatic nitrogens is 1. The summed E-state index contributed by atoms with van der Waals surface area (Å²) in [5.41, 5.74) is 1.06. The number of carbonyl (C=O) groups excluding carboxylic acids is 1. The Labute approximate surface area is 99.2 Å². The van der Waals surface area contributed by atoms with Crippen molar-refractivity contribution in [3.05, 3.63) is 47.7 Å². The summed E-state index contributed by atoms with van der Waals surface area (Å²) in [5.74, 6) is 1.54. The molecule has 0 bridgehead atoms. The fraction of sp³-hybridized carbons (Fsp3) is 0.231. The summed E-state index contributed by atoms with van der Waals surface area (Å²) in [6.45, 7) is 1.46. The van der Waals surface area contributed by atoms with E-state index < -0.39 is 0 Å². The van der Waals surface area contributed by atoms with Crippen molar-refractivity contribution in [1.82, 2.24) is 4.98 Å². The number of methoxy groups -OCH3 is 1. The predicted octanol–water partition coefficient (Wildman–Crippen LogP) is 2.48. The third kappa shape index (κ3) is 2.72. The lowest BCUT2D eigenvalue weighted by atomic mass is 10.1. The first-order valence-corrected chi connectivity index (χ1v) is 5.27. The summed E-state index contributed by atoms with van der Waals surface area (Å²) in [4.78, 5) is 15.1. The molecule has 17 heavy (non-hydrogen) atoms. The molecular weight excluding hydrogens is 218 g/mol. The highest BCUT2D eigenvalue weighted by Gasteiger charge is 2.08. The Balaban J connectivity index is 2.11. The molecule has 2 aromatic rings. The number of ether oxygens (including phenoxy) is 1. The van der Waals surface area contributed by atoms with Crippen molar-refractivity contribution in [1.29, 1.82) is 0 Å². The minimum atomic E-state index is -0.113. The van der Waals surface area contributed by atoms with Gasteiger partial charge in [-0.05, 0) is 17.7 Å². The molecule has 4 nitrogen and oxygen atoms in total. The molecule has 0 aliphatic rings. The van der Waals surface area contributed by atoms with E-state index in [1.165, 1.54) is 13.1 Å². The molecule has 0 saturated carbocycles. The maximum absolute atomic E-state index is 11.0. The second kappa shape index (κ2) is 4.82. The topological polar surface area (TPSA) is 52.3 Å². The number of nitrogens with zero attached hydrogens (tertiary/aromatic N) is 1. The van der Waals surface area contributed by atoms with Crippen molar-refractivity contribution in [2.45, 2.75) is 13.3 Å². The SMILES string of the molecule is COc1ccc(Cc2ncc(C(C)=O)o2)cc1. The zero-order valence-electron chi connectivity index (χ0n) is 9.77. The molecule has 0 amide bonds. The third-order valence-corrected chi connectivity index (χ3v) is 2.41. The molecule has 0 aliphatic carbocycles. The van der Waals surface area contributed by atoms with Crippen LogP contribution in [0.25, 0.3) is 0 Å². The molecule has 4 heteroatoms. The van der Waals surface area contributed by atoms with Crippen LogP contribution >= 0.6 is 0 Å². The molecule has 1 aromatic heterocycles. The zero-order valence-corrected chi connectivity index (χ0v) is 9.77. The van der Waals surface area contributed by atoms with Crippen LogP contribution in [-0.2, 0) is 6.42 Å². The van der Waals surface area contributed by atoms with E-state index in [0.717, 1.165) is 11.3 Å². The summed E-state index contributed by atoms with van der Waals surface area (Å²) >= 11 is 0. The van der Waals surface area contributed by atoms with Crippen LogP contribution < -0.4 is 4.74 Å². The van der Waals surface area contributed by atoms with Crippen molar-refractivity contribution >= 4 is 5.78 Å². The lowest BCUT2D eigenvalue weighted by molar-refractivity contribution is 0.0985. The number of ketones is 1. The van der Waals surface area contributed by atoms with E-state index in [1.54, 1.807) is 7.11 Å². The molecule has 0 aliphatic heterocycles. The fourth-order valence-electron chi connectivity index (χ4n) is 1.47. The molecule has 0 fully saturated rings. The minimum absolute atomic E-state index is 0.113. The monoisotopic (exact) mass is 231 g/mol. The number of benzene rings is 1. The van der Waals surface area contributed by atoms with Crippen molar-refractivity contribution in [2.24, 2.45) is 0 Å². The van der Waals surface area contributed by atoms with Crippen LogP contribution in [0.5, 0.6) is 5.75 Å². The number of rotatable bonds is 4. The standard InChI is InChI=1S/C13H13NO3/c1-9(15)12-8-14-13(17-12)7-10-3-5-11(16-2)6-4-10/h3-6,8H,7H2,1-2H3. The first-order valence-electron chi connectivity index (χ1n) is 5.27. The van der Waals surface area contributed by atoms with Gasteiger partial charge in [0, 0.05) is 13.3 Å². The van der Waals surface area contributed by atoms with E-state index in [9.17, 15) is 4.79 Å². The van der Waals surface area contributed by atoms with E-state index in [2.05, 4.69) is 4.98 Å². The van der Waals surface area contributed by atoms with E-state index in [1.807, 2.05) is 24.3 Å². The highest BCUT2D eigenvalue weighted by molar-refractivity contribution is 5.90. The average Bonchev–Trinajstić information content (AvgIpc) is 2.79. The Morgan fingerprint density at radius 1 is 1.35 bits per heavy atom. The van der Waals surface area contributed by atoms with E-state index in [-0.39, 0.29) is 5.78 Å². The molecule has 0 unspecified atom stereocenters. The average molecular weight is 231 g/mol. The van der Waals surface area contributed by atoms with Crippen molar-refractivity contribution in [3.8, 4) is 5.75 Å². The van der Waals surface area contributed by atoms with Gasteiger partial charge in [0.05, 0.1) is 13.3 Å². The zero-order chi connectivity index (χ0) is 12.3.